The highest BCUT2D eigenvalue weighted by Gasteiger charge is 2.40. The molecule has 14 heteroatoms. The normalized spacial score (nSPS) is 12.4. The zero-order valence-corrected chi connectivity index (χ0v) is 23.4. The molecule has 1 heterocycles. The lowest BCUT2D eigenvalue weighted by atomic mass is 9.89. The van der Waals surface area contributed by atoms with E-state index in [-0.39, 0.29) is 35.9 Å². The van der Waals surface area contributed by atoms with Crippen LogP contribution in [0.5, 0.6) is 17.6 Å². The summed E-state index contributed by atoms with van der Waals surface area (Å²) in [6, 6.07) is 5.77. The number of nitrogens with zero attached hydrogens (tertiary/aromatic N) is 4. The Hall–Kier alpha value is -3.94. The number of amides is 1. The Morgan fingerprint density at radius 1 is 0.881 bits per heavy atom. The summed E-state index contributed by atoms with van der Waals surface area (Å²) in [5.74, 6) is -1.64. The number of hydrogen-bond acceptors (Lipinski definition) is 6. The average molecular weight is 603 g/mol. The third-order valence-corrected chi connectivity index (χ3v) is 6.41. The van der Waals surface area contributed by atoms with Crippen molar-refractivity contribution in [1.82, 2.24) is 19.8 Å². The van der Waals surface area contributed by atoms with Gasteiger partial charge in [-0.05, 0) is 82.4 Å². The summed E-state index contributed by atoms with van der Waals surface area (Å²) in [5.41, 5.74) is -5.39. The van der Waals surface area contributed by atoms with Crippen LogP contribution in [0.1, 0.15) is 47.3 Å². The molecule has 7 nitrogen and oxygen atoms in total. The second-order valence-corrected chi connectivity index (χ2v) is 10.2. The topological polar surface area (TPSA) is 67.8 Å². The van der Waals surface area contributed by atoms with Crippen LogP contribution in [0.2, 0.25) is 0 Å². The van der Waals surface area contributed by atoms with E-state index < -0.39 is 46.3 Å². The largest absolute Gasteiger partial charge is 0.463 e. The van der Waals surface area contributed by atoms with Crippen LogP contribution < -0.4 is 9.47 Å². The molecule has 0 atom stereocenters. The average Bonchev–Trinajstić information content (AvgIpc) is 2.90. The first kappa shape index (κ1) is 32.6. The summed E-state index contributed by atoms with van der Waals surface area (Å²) in [7, 11) is 4.98. The Bertz CT molecular complexity index is 1360. The zero-order chi connectivity index (χ0) is 31.5. The lowest BCUT2D eigenvalue weighted by molar-refractivity contribution is -0.143. The maximum absolute atomic E-state index is 13.7. The van der Waals surface area contributed by atoms with E-state index in [2.05, 4.69) is 9.97 Å². The highest BCUT2D eigenvalue weighted by molar-refractivity contribution is 5.96. The Kier molecular flexibility index (Phi) is 9.70. The van der Waals surface area contributed by atoms with E-state index in [0.717, 1.165) is 23.2 Å². The smallest absolute Gasteiger partial charge is 0.416 e. The predicted octanol–water partition coefficient (Wildman–Crippen LogP) is 6.78. The van der Waals surface area contributed by atoms with Crippen molar-refractivity contribution < 1.29 is 45.0 Å². The van der Waals surface area contributed by atoms with E-state index in [1.54, 1.807) is 0 Å². The highest BCUT2D eigenvalue weighted by atomic mass is 19.4. The van der Waals surface area contributed by atoms with Crippen LogP contribution in [-0.4, -0.2) is 60.0 Å². The number of alkyl halides is 6. The Balaban J connectivity index is 2.01. The number of aromatic nitrogens is 2. The number of carbonyl (C=O) groups is 1. The molecular weight excluding hydrogens is 573 g/mol. The van der Waals surface area contributed by atoms with Crippen LogP contribution in [0.3, 0.4) is 0 Å². The summed E-state index contributed by atoms with van der Waals surface area (Å²) in [5, 5.41) is 0. The van der Waals surface area contributed by atoms with Crippen LogP contribution in [0, 0.1) is 5.82 Å². The second kappa shape index (κ2) is 12.5. The molecule has 0 aliphatic carbocycles. The number of ether oxygens (including phenoxy) is 2. The van der Waals surface area contributed by atoms with Crippen molar-refractivity contribution in [2.45, 2.75) is 38.2 Å². The summed E-state index contributed by atoms with van der Waals surface area (Å²) in [4.78, 5) is 24.7. The fourth-order valence-corrected chi connectivity index (χ4v) is 3.74. The minimum absolute atomic E-state index is 0.0150. The van der Waals surface area contributed by atoms with Gasteiger partial charge < -0.3 is 19.3 Å². The Morgan fingerprint density at radius 3 is 1.95 bits per heavy atom. The van der Waals surface area contributed by atoms with Crippen molar-refractivity contribution in [2.24, 2.45) is 0 Å². The molecule has 0 fully saturated rings. The van der Waals surface area contributed by atoms with E-state index in [9.17, 15) is 35.5 Å². The van der Waals surface area contributed by atoms with Gasteiger partial charge in [0.15, 0.2) is 0 Å². The molecule has 1 aromatic heterocycles. The summed E-state index contributed by atoms with van der Waals surface area (Å²) in [6.45, 7) is 3.53. The highest BCUT2D eigenvalue weighted by Crippen LogP contribution is 2.40. The molecule has 3 rings (SSSR count). The Labute approximate surface area is 237 Å². The van der Waals surface area contributed by atoms with Gasteiger partial charge in [0.25, 0.3) is 5.91 Å². The molecule has 0 unspecified atom stereocenters. The van der Waals surface area contributed by atoms with Crippen LogP contribution in [0.25, 0.3) is 0 Å². The maximum Gasteiger partial charge on any atom is 0.416 e. The van der Waals surface area contributed by atoms with Gasteiger partial charge in [-0.25, -0.2) is 9.37 Å². The number of benzene rings is 2. The van der Waals surface area contributed by atoms with Gasteiger partial charge >= 0.3 is 18.4 Å². The zero-order valence-electron chi connectivity index (χ0n) is 23.4. The van der Waals surface area contributed by atoms with Crippen molar-refractivity contribution >= 4 is 5.91 Å². The summed E-state index contributed by atoms with van der Waals surface area (Å²) >= 11 is 0. The number of halogens is 7. The molecule has 0 bridgehead atoms. The van der Waals surface area contributed by atoms with Crippen molar-refractivity contribution in [3.05, 3.63) is 76.7 Å². The maximum atomic E-state index is 13.7. The third-order valence-electron chi connectivity index (χ3n) is 6.41. The first-order valence-electron chi connectivity index (χ1n) is 12.6. The van der Waals surface area contributed by atoms with Gasteiger partial charge in [0, 0.05) is 13.6 Å². The van der Waals surface area contributed by atoms with Crippen molar-refractivity contribution in [2.75, 3.05) is 34.3 Å². The van der Waals surface area contributed by atoms with E-state index in [0.29, 0.717) is 25.1 Å². The lowest BCUT2D eigenvalue weighted by Gasteiger charge is -2.37. The standard InChI is InChI=1S/C28H29F7N4O3/c1-26(2,17-13-18(27(30,31)32)15-19(14-17)28(33,34)35)39(5)24(40)22-16-36-25(41-12-6-11-38(3)4)37-23(22)42-21-9-7-20(29)8-10-21/h7-10,13-16H,6,11-12H2,1-5H3. The van der Waals surface area contributed by atoms with Crippen molar-refractivity contribution in [3.63, 3.8) is 0 Å². The first-order valence-corrected chi connectivity index (χ1v) is 12.6. The monoisotopic (exact) mass is 602 g/mol. The van der Waals surface area contributed by atoms with Gasteiger partial charge in [0.2, 0.25) is 5.88 Å². The first-order chi connectivity index (χ1) is 19.4. The molecule has 0 aliphatic rings. The fraction of sp³-hybridized carbons (Fsp3) is 0.393. The molecule has 0 saturated carbocycles. The van der Waals surface area contributed by atoms with Gasteiger partial charge in [0.1, 0.15) is 17.1 Å². The van der Waals surface area contributed by atoms with E-state index in [4.69, 9.17) is 9.47 Å². The minimum atomic E-state index is -5.07. The Morgan fingerprint density at radius 2 is 1.43 bits per heavy atom. The van der Waals surface area contributed by atoms with Crippen molar-refractivity contribution in [3.8, 4) is 17.6 Å². The van der Waals surface area contributed by atoms with Gasteiger partial charge in [-0.3, -0.25) is 4.79 Å². The van der Waals surface area contributed by atoms with Gasteiger partial charge in [-0.2, -0.15) is 31.3 Å². The number of rotatable bonds is 10. The van der Waals surface area contributed by atoms with E-state index in [1.807, 2.05) is 19.0 Å². The quantitative estimate of drug-likeness (QED) is 0.188. The summed E-state index contributed by atoms with van der Waals surface area (Å²) < 4.78 is 106. The molecule has 1 amide bonds. The second-order valence-electron chi connectivity index (χ2n) is 10.2. The fourth-order valence-electron chi connectivity index (χ4n) is 3.74. The van der Waals surface area contributed by atoms with E-state index in [1.165, 1.54) is 33.0 Å². The molecule has 228 valence electrons. The van der Waals surface area contributed by atoms with Gasteiger partial charge in [-0.1, -0.05) is 0 Å². The molecule has 0 saturated heterocycles. The van der Waals surface area contributed by atoms with Crippen LogP contribution in [-0.2, 0) is 17.9 Å². The summed E-state index contributed by atoms with van der Waals surface area (Å²) in [6.07, 6.45) is -8.43. The van der Waals surface area contributed by atoms with Crippen molar-refractivity contribution in [1.29, 1.82) is 0 Å². The molecule has 0 radical (unpaired) electrons. The van der Waals surface area contributed by atoms with Gasteiger partial charge in [-0.15, -0.1) is 0 Å². The number of hydrogen-bond donors (Lipinski definition) is 0. The SMILES string of the molecule is CN(C)CCCOc1ncc(C(=O)N(C)C(C)(C)c2cc(C(F)(F)F)cc(C(F)(F)F)c2)c(Oc2ccc(F)cc2)n1. The molecule has 0 aliphatic heterocycles. The molecule has 0 N–H and O–H groups in total. The van der Waals surface area contributed by atoms with E-state index >= 15 is 0 Å². The molecule has 42 heavy (non-hydrogen) atoms. The number of carbonyl (C=O) groups excluding carboxylic acids is 1. The lowest BCUT2D eigenvalue weighted by Crippen LogP contribution is -2.43. The van der Waals surface area contributed by atoms with Crippen LogP contribution >= 0.6 is 0 Å². The van der Waals surface area contributed by atoms with Crippen LogP contribution in [0.4, 0.5) is 30.7 Å². The predicted molar refractivity (Wildman–Crippen MR) is 139 cm³/mol. The van der Waals surface area contributed by atoms with Gasteiger partial charge in [0.05, 0.1) is 29.5 Å². The molecular formula is C28H29F7N4O3. The molecule has 3 aromatic rings. The minimum Gasteiger partial charge on any atom is -0.463 e. The molecule has 0 spiro atoms. The molecule has 2 aromatic carbocycles. The van der Waals surface area contributed by atoms with Crippen LogP contribution in [0.15, 0.2) is 48.7 Å². The third kappa shape index (κ3) is 8.08.